The zero-order valence-electron chi connectivity index (χ0n) is 13.1. The van der Waals surface area contributed by atoms with Crippen molar-refractivity contribution in [1.82, 2.24) is 14.7 Å². The number of amides is 1. The number of nitrogens with zero attached hydrogens (tertiary/aromatic N) is 2. The van der Waals surface area contributed by atoms with Crippen molar-refractivity contribution in [1.29, 1.82) is 0 Å². The molecule has 0 aliphatic heterocycles. The van der Waals surface area contributed by atoms with Crippen molar-refractivity contribution in [3.8, 4) is 0 Å². The van der Waals surface area contributed by atoms with Crippen LogP contribution in [0.5, 0.6) is 0 Å². The Hall–Kier alpha value is -2.62. The van der Waals surface area contributed by atoms with Crippen molar-refractivity contribution in [2.45, 2.75) is 27.3 Å². The number of aromatic nitrogens is 2. The summed E-state index contributed by atoms with van der Waals surface area (Å²) in [7, 11) is 0. The Bertz CT molecular complexity index is 828. The lowest BCUT2D eigenvalue weighted by Crippen LogP contribution is -2.23. The molecular formula is C18H19N3O. The molecule has 1 aromatic carbocycles. The Kier molecular flexibility index (Phi) is 3.67. The quantitative estimate of drug-likeness (QED) is 0.806. The lowest BCUT2D eigenvalue weighted by Gasteiger charge is -2.06. The molecule has 1 N–H and O–H groups in total. The number of carbonyl (C=O) groups excluding carboxylic acids is 1. The summed E-state index contributed by atoms with van der Waals surface area (Å²) in [6.45, 7) is 6.38. The van der Waals surface area contributed by atoms with Gasteiger partial charge in [0, 0.05) is 11.8 Å². The SMILES string of the molecule is Cc1cc(C)cc(C(=O)NCc2nc(C)n3ccccc23)c1. The van der Waals surface area contributed by atoms with E-state index in [4.69, 9.17) is 0 Å². The summed E-state index contributed by atoms with van der Waals surface area (Å²) in [6.07, 6.45) is 1.98. The van der Waals surface area contributed by atoms with E-state index in [1.165, 1.54) is 0 Å². The molecule has 0 aliphatic rings. The minimum atomic E-state index is -0.0680. The van der Waals surface area contributed by atoms with E-state index in [0.717, 1.165) is 28.2 Å². The van der Waals surface area contributed by atoms with E-state index in [1.807, 2.05) is 61.7 Å². The molecule has 4 heteroatoms. The predicted molar refractivity (Wildman–Crippen MR) is 87.0 cm³/mol. The van der Waals surface area contributed by atoms with Crippen LogP contribution < -0.4 is 5.32 Å². The molecule has 2 heterocycles. The van der Waals surface area contributed by atoms with Gasteiger partial charge in [0.2, 0.25) is 0 Å². The second-order valence-corrected chi connectivity index (χ2v) is 5.62. The number of hydrogen-bond donors (Lipinski definition) is 1. The van der Waals surface area contributed by atoms with Gasteiger partial charge in [0.25, 0.3) is 5.91 Å². The van der Waals surface area contributed by atoms with E-state index in [9.17, 15) is 4.79 Å². The molecule has 0 saturated carbocycles. The molecule has 4 nitrogen and oxygen atoms in total. The van der Waals surface area contributed by atoms with E-state index in [-0.39, 0.29) is 5.91 Å². The van der Waals surface area contributed by atoms with Gasteiger partial charge in [-0.15, -0.1) is 0 Å². The topological polar surface area (TPSA) is 46.4 Å². The van der Waals surface area contributed by atoms with Crippen molar-refractivity contribution in [2.24, 2.45) is 0 Å². The van der Waals surface area contributed by atoms with Crippen LogP contribution in [0, 0.1) is 20.8 Å². The van der Waals surface area contributed by atoms with Crippen molar-refractivity contribution in [3.05, 3.63) is 70.8 Å². The number of carbonyl (C=O) groups is 1. The highest BCUT2D eigenvalue weighted by Crippen LogP contribution is 2.13. The molecule has 0 radical (unpaired) electrons. The molecule has 0 spiro atoms. The summed E-state index contributed by atoms with van der Waals surface area (Å²) in [6, 6.07) is 11.8. The third kappa shape index (κ3) is 2.72. The maximum absolute atomic E-state index is 12.3. The summed E-state index contributed by atoms with van der Waals surface area (Å²) < 4.78 is 2.03. The van der Waals surface area contributed by atoms with Gasteiger partial charge in [0.1, 0.15) is 5.82 Å². The maximum Gasteiger partial charge on any atom is 0.251 e. The Balaban J connectivity index is 1.80. The van der Waals surface area contributed by atoms with Crippen LogP contribution in [0.2, 0.25) is 0 Å². The average molecular weight is 293 g/mol. The number of aryl methyl sites for hydroxylation is 3. The van der Waals surface area contributed by atoms with Crippen LogP contribution in [0.4, 0.5) is 0 Å². The van der Waals surface area contributed by atoms with Crippen molar-refractivity contribution >= 4 is 11.4 Å². The van der Waals surface area contributed by atoms with Crippen molar-refractivity contribution < 1.29 is 4.79 Å². The maximum atomic E-state index is 12.3. The van der Waals surface area contributed by atoms with Gasteiger partial charge in [-0.1, -0.05) is 23.3 Å². The molecular weight excluding hydrogens is 274 g/mol. The molecule has 3 aromatic rings. The third-order valence-corrected chi connectivity index (χ3v) is 3.70. The molecule has 2 aromatic heterocycles. The van der Waals surface area contributed by atoms with Gasteiger partial charge in [0.05, 0.1) is 17.8 Å². The second-order valence-electron chi connectivity index (χ2n) is 5.62. The lowest BCUT2D eigenvalue weighted by molar-refractivity contribution is 0.0950. The Labute approximate surface area is 129 Å². The zero-order valence-corrected chi connectivity index (χ0v) is 13.1. The van der Waals surface area contributed by atoms with Gasteiger partial charge in [-0.05, 0) is 45.0 Å². The smallest absolute Gasteiger partial charge is 0.251 e. The van der Waals surface area contributed by atoms with Crippen molar-refractivity contribution in [3.63, 3.8) is 0 Å². The van der Waals surface area contributed by atoms with Gasteiger partial charge < -0.3 is 9.72 Å². The molecule has 0 atom stereocenters. The minimum absolute atomic E-state index is 0.0680. The molecule has 1 amide bonds. The number of nitrogens with one attached hydrogen (secondary N) is 1. The van der Waals surface area contributed by atoms with Gasteiger partial charge in [-0.2, -0.15) is 0 Å². The molecule has 0 aliphatic carbocycles. The van der Waals surface area contributed by atoms with Crippen LogP contribution in [0.1, 0.15) is 33.0 Å². The van der Waals surface area contributed by atoms with Gasteiger partial charge >= 0.3 is 0 Å². The fourth-order valence-electron chi connectivity index (χ4n) is 2.77. The van der Waals surface area contributed by atoms with Crippen LogP contribution in [0.3, 0.4) is 0 Å². The predicted octanol–water partition coefficient (Wildman–Crippen LogP) is 3.19. The fourth-order valence-corrected chi connectivity index (χ4v) is 2.77. The molecule has 0 saturated heterocycles. The number of rotatable bonds is 3. The number of pyridine rings is 1. The number of imidazole rings is 1. The van der Waals surface area contributed by atoms with Crippen molar-refractivity contribution in [2.75, 3.05) is 0 Å². The van der Waals surface area contributed by atoms with Crippen LogP contribution in [-0.2, 0) is 6.54 Å². The highest BCUT2D eigenvalue weighted by Gasteiger charge is 2.10. The van der Waals surface area contributed by atoms with E-state index in [0.29, 0.717) is 12.1 Å². The summed E-state index contributed by atoms with van der Waals surface area (Å²) in [5.41, 5.74) is 4.79. The number of hydrogen-bond acceptors (Lipinski definition) is 2. The first kappa shape index (κ1) is 14.3. The third-order valence-electron chi connectivity index (χ3n) is 3.70. The highest BCUT2D eigenvalue weighted by atomic mass is 16.1. The van der Waals surface area contributed by atoms with Gasteiger partial charge in [-0.25, -0.2) is 4.98 Å². The normalized spacial score (nSPS) is 10.9. The summed E-state index contributed by atoms with van der Waals surface area (Å²) in [4.78, 5) is 16.9. The number of fused-ring (bicyclic) bond motifs is 1. The largest absolute Gasteiger partial charge is 0.346 e. The van der Waals surface area contributed by atoms with Crippen LogP contribution in [0.25, 0.3) is 5.52 Å². The second kappa shape index (κ2) is 5.64. The summed E-state index contributed by atoms with van der Waals surface area (Å²) in [5.74, 6) is 0.854. The Morgan fingerprint density at radius 3 is 2.59 bits per heavy atom. The zero-order chi connectivity index (χ0) is 15.7. The van der Waals surface area contributed by atoms with Crippen LogP contribution >= 0.6 is 0 Å². The van der Waals surface area contributed by atoms with Gasteiger partial charge in [-0.3, -0.25) is 4.79 Å². The van der Waals surface area contributed by atoms with E-state index >= 15 is 0 Å². The molecule has 22 heavy (non-hydrogen) atoms. The first-order chi connectivity index (χ1) is 10.5. The summed E-state index contributed by atoms with van der Waals surface area (Å²) in [5, 5.41) is 2.96. The van der Waals surface area contributed by atoms with Gasteiger partial charge in [0.15, 0.2) is 0 Å². The minimum Gasteiger partial charge on any atom is -0.346 e. The lowest BCUT2D eigenvalue weighted by atomic mass is 10.1. The monoisotopic (exact) mass is 293 g/mol. The van der Waals surface area contributed by atoms with Crippen LogP contribution in [0.15, 0.2) is 42.6 Å². The fraction of sp³-hybridized carbons (Fsp3) is 0.222. The first-order valence-corrected chi connectivity index (χ1v) is 7.33. The van der Waals surface area contributed by atoms with E-state index in [1.54, 1.807) is 0 Å². The highest BCUT2D eigenvalue weighted by molar-refractivity contribution is 5.94. The Morgan fingerprint density at radius 1 is 1.14 bits per heavy atom. The Morgan fingerprint density at radius 2 is 1.86 bits per heavy atom. The molecule has 0 fully saturated rings. The summed E-state index contributed by atoms with van der Waals surface area (Å²) >= 11 is 0. The molecule has 0 unspecified atom stereocenters. The average Bonchev–Trinajstić information content (AvgIpc) is 2.81. The molecule has 3 rings (SSSR count). The number of benzene rings is 1. The molecule has 0 bridgehead atoms. The standard InChI is InChI=1S/C18H19N3O/c1-12-8-13(2)10-15(9-12)18(22)19-11-16-17-6-4-5-7-21(17)14(3)20-16/h4-10H,11H2,1-3H3,(H,19,22). The van der Waals surface area contributed by atoms with E-state index in [2.05, 4.69) is 16.4 Å². The molecule has 112 valence electrons. The first-order valence-electron chi connectivity index (χ1n) is 7.33. The van der Waals surface area contributed by atoms with E-state index < -0.39 is 0 Å². The van der Waals surface area contributed by atoms with Crippen LogP contribution in [-0.4, -0.2) is 15.3 Å².